The lowest BCUT2D eigenvalue weighted by atomic mass is 10.2. The Hall–Kier alpha value is -2.51. The standard InChI is InChI=1S/C15H16F3N3O2/c1-11(14(22)20-7-9-21-8-6-19-10-21)23-13-5-3-2-4-12(13)15(16,17)18/h2-6,8,10-11H,7,9H2,1H3,(H,20,22)/t11-/m1/s1. The molecule has 0 aliphatic rings. The second-order valence-corrected chi connectivity index (χ2v) is 4.85. The Balaban J connectivity index is 1.91. The molecule has 0 aliphatic heterocycles. The number of aromatic nitrogens is 2. The largest absolute Gasteiger partial charge is 0.480 e. The normalized spacial score (nSPS) is 12.7. The molecule has 0 saturated carbocycles. The Bertz CT molecular complexity index is 642. The van der Waals surface area contributed by atoms with E-state index >= 15 is 0 Å². The van der Waals surface area contributed by atoms with Crippen LogP contribution in [-0.4, -0.2) is 28.1 Å². The van der Waals surface area contributed by atoms with Crippen molar-refractivity contribution in [3.05, 3.63) is 48.5 Å². The van der Waals surface area contributed by atoms with Crippen molar-refractivity contribution in [2.75, 3.05) is 6.54 Å². The lowest BCUT2D eigenvalue weighted by Gasteiger charge is -2.18. The molecular formula is C15H16F3N3O2. The molecule has 1 atom stereocenters. The lowest BCUT2D eigenvalue weighted by molar-refractivity contribution is -0.140. The maximum atomic E-state index is 12.9. The van der Waals surface area contributed by atoms with Crippen LogP contribution in [-0.2, 0) is 17.5 Å². The summed E-state index contributed by atoms with van der Waals surface area (Å²) in [5.74, 6) is -0.848. The molecule has 0 aliphatic carbocycles. The SMILES string of the molecule is C[C@@H](Oc1ccccc1C(F)(F)F)C(=O)NCCn1ccnc1. The highest BCUT2D eigenvalue weighted by Crippen LogP contribution is 2.36. The summed E-state index contributed by atoms with van der Waals surface area (Å²) in [6.07, 6.45) is -0.617. The van der Waals surface area contributed by atoms with Crippen molar-refractivity contribution >= 4 is 5.91 Å². The quantitative estimate of drug-likeness (QED) is 0.887. The van der Waals surface area contributed by atoms with E-state index < -0.39 is 23.8 Å². The molecule has 0 radical (unpaired) electrons. The summed E-state index contributed by atoms with van der Waals surface area (Å²) >= 11 is 0. The molecule has 1 heterocycles. The van der Waals surface area contributed by atoms with E-state index in [4.69, 9.17) is 4.74 Å². The summed E-state index contributed by atoms with van der Waals surface area (Å²) in [6.45, 7) is 2.24. The van der Waals surface area contributed by atoms with Crippen LogP contribution in [0.1, 0.15) is 12.5 Å². The number of nitrogens with one attached hydrogen (secondary N) is 1. The second kappa shape index (κ2) is 7.17. The number of nitrogens with zero attached hydrogens (tertiary/aromatic N) is 2. The van der Waals surface area contributed by atoms with Gasteiger partial charge in [-0.3, -0.25) is 4.79 Å². The smallest absolute Gasteiger partial charge is 0.419 e. The third-order valence-corrected chi connectivity index (χ3v) is 3.09. The van der Waals surface area contributed by atoms with E-state index in [0.717, 1.165) is 6.07 Å². The Morgan fingerprint density at radius 3 is 2.78 bits per heavy atom. The van der Waals surface area contributed by atoms with Crippen molar-refractivity contribution < 1.29 is 22.7 Å². The van der Waals surface area contributed by atoms with Gasteiger partial charge >= 0.3 is 6.18 Å². The fraction of sp³-hybridized carbons (Fsp3) is 0.333. The molecule has 0 fully saturated rings. The van der Waals surface area contributed by atoms with Crippen molar-refractivity contribution in [3.63, 3.8) is 0 Å². The number of carbonyl (C=O) groups is 1. The van der Waals surface area contributed by atoms with E-state index in [1.54, 1.807) is 23.3 Å². The van der Waals surface area contributed by atoms with Gasteiger partial charge in [-0.15, -0.1) is 0 Å². The van der Waals surface area contributed by atoms with E-state index in [1.165, 1.54) is 25.1 Å². The highest BCUT2D eigenvalue weighted by atomic mass is 19.4. The van der Waals surface area contributed by atoms with Crippen molar-refractivity contribution in [3.8, 4) is 5.75 Å². The van der Waals surface area contributed by atoms with Crippen molar-refractivity contribution in [1.82, 2.24) is 14.9 Å². The number of halogens is 3. The third kappa shape index (κ3) is 4.73. The molecule has 5 nitrogen and oxygen atoms in total. The Morgan fingerprint density at radius 1 is 1.39 bits per heavy atom. The number of alkyl halides is 3. The van der Waals surface area contributed by atoms with E-state index in [9.17, 15) is 18.0 Å². The van der Waals surface area contributed by atoms with Crippen LogP contribution in [0.25, 0.3) is 0 Å². The zero-order valence-electron chi connectivity index (χ0n) is 12.4. The summed E-state index contributed by atoms with van der Waals surface area (Å²) in [4.78, 5) is 15.8. The average molecular weight is 327 g/mol. The Kier molecular flexibility index (Phi) is 5.25. The topological polar surface area (TPSA) is 56.1 Å². The van der Waals surface area contributed by atoms with Gasteiger partial charge in [-0.2, -0.15) is 13.2 Å². The molecule has 23 heavy (non-hydrogen) atoms. The summed E-state index contributed by atoms with van der Waals surface area (Å²) < 4.78 is 45.6. The van der Waals surface area contributed by atoms with E-state index in [1.807, 2.05) is 0 Å². The number of para-hydroxylation sites is 1. The molecule has 8 heteroatoms. The van der Waals surface area contributed by atoms with Gasteiger partial charge in [0.05, 0.1) is 11.9 Å². The summed E-state index contributed by atoms with van der Waals surface area (Å²) in [7, 11) is 0. The van der Waals surface area contributed by atoms with Gasteiger partial charge in [0.1, 0.15) is 5.75 Å². The first-order chi connectivity index (χ1) is 10.9. The number of amides is 1. The number of imidazole rings is 1. The lowest BCUT2D eigenvalue weighted by Crippen LogP contribution is -2.38. The molecule has 1 N–H and O–H groups in total. The summed E-state index contributed by atoms with van der Waals surface area (Å²) in [6, 6.07) is 4.80. The Labute approximate surface area is 131 Å². The number of carbonyl (C=O) groups excluding carboxylic acids is 1. The van der Waals surface area contributed by atoms with Gasteiger partial charge in [0.15, 0.2) is 6.10 Å². The molecule has 0 unspecified atom stereocenters. The highest BCUT2D eigenvalue weighted by Gasteiger charge is 2.34. The maximum Gasteiger partial charge on any atom is 0.419 e. The molecule has 0 saturated heterocycles. The van der Waals surface area contributed by atoms with E-state index in [0.29, 0.717) is 13.1 Å². The predicted molar refractivity (Wildman–Crippen MR) is 76.8 cm³/mol. The minimum atomic E-state index is -4.53. The van der Waals surface area contributed by atoms with Gasteiger partial charge in [0.2, 0.25) is 0 Å². The number of hydrogen-bond acceptors (Lipinski definition) is 3. The van der Waals surface area contributed by atoms with Gasteiger partial charge in [-0.05, 0) is 19.1 Å². The van der Waals surface area contributed by atoms with Gasteiger partial charge in [0.25, 0.3) is 5.91 Å². The molecule has 1 aromatic carbocycles. The van der Waals surface area contributed by atoms with Crippen LogP contribution >= 0.6 is 0 Å². The van der Waals surface area contributed by atoms with Gasteiger partial charge in [-0.1, -0.05) is 12.1 Å². The fourth-order valence-electron chi connectivity index (χ4n) is 1.92. The third-order valence-electron chi connectivity index (χ3n) is 3.09. The van der Waals surface area contributed by atoms with Crippen LogP contribution in [0.4, 0.5) is 13.2 Å². The number of hydrogen-bond donors (Lipinski definition) is 1. The van der Waals surface area contributed by atoms with Crippen molar-refractivity contribution in [1.29, 1.82) is 0 Å². The summed E-state index contributed by atoms with van der Waals surface area (Å²) in [5.41, 5.74) is -0.905. The molecular weight excluding hydrogens is 311 g/mol. The van der Waals surface area contributed by atoms with Gasteiger partial charge in [-0.25, -0.2) is 4.98 Å². The minimum absolute atomic E-state index is 0.323. The second-order valence-electron chi connectivity index (χ2n) is 4.85. The average Bonchev–Trinajstić information content (AvgIpc) is 3.00. The molecule has 124 valence electrons. The van der Waals surface area contributed by atoms with Crippen LogP contribution in [0, 0.1) is 0 Å². The van der Waals surface area contributed by atoms with Gasteiger partial charge < -0.3 is 14.6 Å². The van der Waals surface area contributed by atoms with E-state index in [2.05, 4.69) is 10.3 Å². The van der Waals surface area contributed by atoms with Crippen LogP contribution in [0.2, 0.25) is 0 Å². The van der Waals surface area contributed by atoms with Crippen LogP contribution in [0.5, 0.6) is 5.75 Å². The molecule has 0 bridgehead atoms. The highest BCUT2D eigenvalue weighted by molar-refractivity contribution is 5.80. The minimum Gasteiger partial charge on any atom is -0.480 e. The molecule has 1 amide bonds. The monoisotopic (exact) mass is 327 g/mol. The molecule has 2 aromatic rings. The van der Waals surface area contributed by atoms with Crippen LogP contribution in [0.15, 0.2) is 43.0 Å². The zero-order chi connectivity index (χ0) is 16.9. The number of rotatable bonds is 6. The number of ether oxygens (including phenoxy) is 1. The first kappa shape index (κ1) is 16.9. The van der Waals surface area contributed by atoms with Gasteiger partial charge in [0, 0.05) is 25.5 Å². The first-order valence-electron chi connectivity index (χ1n) is 6.94. The molecule has 1 aromatic heterocycles. The summed E-state index contributed by atoms with van der Waals surface area (Å²) in [5, 5.41) is 2.61. The van der Waals surface area contributed by atoms with Crippen molar-refractivity contribution in [2.45, 2.75) is 25.7 Å². The van der Waals surface area contributed by atoms with Crippen LogP contribution < -0.4 is 10.1 Å². The first-order valence-corrected chi connectivity index (χ1v) is 6.94. The van der Waals surface area contributed by atoms with E-state index in [-0.39, 0.29) is 5.75 Å². The number of benzene rings is 1. The maximum absolute atomic E-state index is 12.9. The molecule has 2 rings (SSSR count). The van der Waals surface area contributed by atoms with Crippen LogP contribution in [0.3, 0.4) is 0 Å². The Morgan fingerprint density at radius 2 is 2.13 bits per heavy atom. The molecule has 0 spiro atoms. The van der Waals surface area contributed by atoms with Crippen molar-refractivity contribution in [2.24, 2.45) is 0 Å². The fourth-order valence-corrected chi connectivity index (χ4v) is 1.92. The zero-order valence-corrected chi connectivity index (χ0v) is 12.4. The predicted octanol–water partition coefficient (Wildman–Crippen LogP) is 2.49.